The molecule has 0 bridgehead atoms. The van der Waals surface area contributed by atoms with Crippen LogP contribution in [-0.4, -0.2) is 35.6 Å². The number of nitrogens with one attached hydrogen (secondary N) is 1. The molecule has 19 heavy (non-hydrogen) atoms. The van der Waals surface area contributed by atoms with Gasteiger partial charge in [-0.2, -0.15) is 0 Å². The van der Waals surface area contributed by atoms with Crippen LogP contribution in [0, 0.1) is 0 Å². The van der Waals surface area contributed by atoms with Crippen molar-refractivity contribution >= 4 is 17.6 Å². The van der Waals surface area contributed by atoms with Crippen molar-refractivity contribution in [3.8, 4) is 0 Å². The summed E-state index contributed by atoms with van der Waals surface area (Å²) in [5.74, 6) is -1.07. The van der Waals surface area contributed by atoms with Gasteiger partial charge in [0, 0.05) is 11.7 Å². The second-order valence-electron chi connectivity index (χ2n) is 4.82. The Morgan fingerprint density at radius 3 is 2.53 bits per heavy atom. The molecule has 0 radical (unpaired) electrons. The average Bonchev–Trinajstić information content (AvgIpc) is 3.20. The number of nitrogens with zero attached hydrogens (tertiary/aromatic N) is 1. The number of benzene rings is 1. The highest BCUT2D eigenvalue weighted by Gasteiger charge is 2.29. The van der Waals surface area contributed by atoms with E-state index in [9.17, 15) is 9.59 Å². The third kappa shape index (κ3) is 3.71. The van der Waals surface area contributed by atoms with Gasteiger partial charge in [-0.05, 0) is 31.9 Å². The number of carboxylic acid groups (broad SMARTS) is 1. The lowest BCUT2D eigenvalue weighted by Gasteiger charge is -2.28. The highest BCUT2D eigenvalue weighted by molar-refractivity contribution is 5.87. The van der Waals surface area contributed by atoms with E-state index in [0.717, 1.165) is 18.5 Å². The van der Waals surface area contributed by atoms with E-state index in [0.29, 0.717) is 0 Å². The summed E-state index contributed by atoms with van der Waals surface area (Å²) in [5, 5.41) is 11.9. The zero-order valence-corrected chi connectivity index (χ0v) is 10.9. The van der Waals surface area contributed by atoms with Gasteiger partial charge in [0.2, 0.25) is 5.91 Å². The van der Waals surface area contributed by atoms with Crippen molar-refractivity contribution in [2.75, 3.05) is 11.4 Å². The van der Waals surface area contributed by atoms with E-state index in [4.69, 9.17) is 5.11 Å². The van der Waals surface area contributed by atoms with Crippen molar-refractivity contribution in [1.29, 1.82) is 0 Å². The van der Waals surface area contributed by atoms with Crippen LogP contribution in [-0.2, 0) is 9.59 Å². The predicted octanol–water partition coefficient (Wildman–Crippen LogP) is 1.24. The van der Waals surface area contributed by atoms with Gasteiger partial charge in [-0.1, -0.05) is 18.2 Å². The first-order chi connectivity index (χ1) is 9.08. The van der Waals surface area contributed by atoms with Crippen LogP contribution >= 0.6 is 0 Å². The Bertz CT molecular complexity index is 457. The largest absolute Gasteiger partial charge is 0.480 e. The summed E-state index contributed by atoms with van der Waals surface area (Å²) in [6.07, 6.45) is 2.03. The Labute approximate surface area is 112 Å². The highest BCUT2D eigenvalue weighted by Crippen LogP contribution is 2.20. The second kappa shape index (κ2) is 5.73. The van der Waals surface area contributed by atoms with Gasteiger partial charge in [0.1, 0.15) is 12.6 Å². The maximum absolute atomic E-state index is 12.0. The molecule has 1 aromatic carbocycles. The van der Waals surface area contributed by atoms with Crippen LogP contribution in [0.1, 0.15) is 19.8 Å². The molecule has 0 aliphatic heterocycles. The molecule has 1 saturated carbocycles. The quantitative estimate of drug-likeness (QED) is 0.809. The van der Waals surface area contributed by atoms with Gasteiger partial charge < -0.3 is 15.3 Å². The minimum Gasteiger partial charge on any atom is -0.480 e. The Hall–Kier alpha value is -2.04. The van der Waals surface area contributed by atoms with E-state index in [-0.39, 0.29) is 18.5 Å². The third-order valence-electron chi connectivity index (χ3n) is 3.16. The Morgan fingerprint density at radius 1 is 1.37 bits per heavy atom. The molecule has 0 saturated heterocycles. The van der Waals surface area contributed by atoms with Crippen LogP contribution in [0.25, 0.3) is 0 Å². The zero-order valence-electron chi connectivity index (χ0n) is 10.9. The smallest absolute Gasteiger partial charge is 0.323 e. The van der Waals surface area contributed by atoms with Crippen LogP contribution < -0.4 is 10.2 Å². The van der Waals surface area contributed by atoms with Crippen molar-refractivity contribution < 1.29 is 14.7 Å². The summed E-state index contributed by atoms with van der Waals surface area (Å²) in [5.41, 5.74) is 0.739. The van der Waals surface area contributed by atoms with Gasteiger partial charge in [0.05, 0.1) is 0 Å². The molecule has 0 heterocycles. The molecule has 1 fully saturated rings. The monoisotopic (exact) mass is 262 g/mol. The molecule has 5 nitrogen and oxygen atoms in total. The highest BCUT2D eigenvalue weighted by atomic mass is 16.4. The summed E-state index contributed by atoms with van der Waals surface area (Å²) in [6, 6.07) is 8.91. The maximum Gasteiger partial charge on any atom is 0.323 e. The van der Waals surface area contributed by atoms with Gasteiger partial charge in [0.15, 0.2) is 0 Å². The minimum atomic E-state index is -0.949. The van der Waals surface area contributed by atoms with Crippen molar-refractivity contribution in [2.45, 2.75) is 31.8 Å². The first-order valence-corrected chi connectivity index (χ1v) is 6.42. The Morgan fingerprint density at radius 2 is 2.00 bits per heavy atom. The van der Waals surface area contributed by atoms with Gasteiger partial charge in [-0.3, -0.25) is 9.59 Å². The number of carbonyl (C=O) groups is 2. The molecule has 1 amide bonds. The predicted molar refractivity (Wildman–Crippen MR) is 72.1 cm³/mol. The topological polar surface area (TPSA) is 69.6 Å². The molecule has 2 rings (SSSR count). The van der Waals surface area contributed by atoms with Crippen LogP contribution in [0.5, 0.6) is 0 Å². The van der Waals surface area contributed by atoms with E-state index in [2.05, 4.69) is 5.32 Å². The number of hydrogen-bond donors (Lipinski definition) is 2. The van der Waals surface area contributed by atoms with Crippen LogP contribution in [0.15, 0.2) is 30.3 Å². The molecule has 0 spiro atoms. The fourth-order valence-corrected chi connectivity index (χ4v) is 1.91. The fourth-order valence-electron chi connectivity index (χ4n) is 1.91. The molecule has 1 unspecified atom stereocenters. The van der Waals surface area contributed by atoms with Crippen molar-refractivity contribution in [3.05, 3.63) is 30.3 Å². The van der Waals surface area contributed by atoms with Crippen LogP contribution in [0.4, 0.5) is 5.69 Å². The minimum absolute atomic E-state index is 0.118. The van der Waals surface area contributed by atoms with Crippen molar-refractivity contribution in [2.24, 2.45) is 0 Å². The number of rotatable bonds is 6. The van der Waals surface area contributed by atoms with E-state index >= 15 is 0 Å². The Balaban J connectivity index is 2.11. The number of hydrogen-bond acceptors (Lipinski definition) is 3. The lowest BCUT2D eigenvalue weighted by Crippen LogP contribution is -2.47. The third-order valence-corrected chi connectivity index (χ3v) is 3.16. The van der Waals surface area contributed by atoms with Gasteiger partial charge in [0.25, 0.3) is 0 Å². The molecule has 5 heteroatoms. The normalized spacial score (nSPS) is 15.6. The molecule has 2 N–H and O–H groups in total. The number of carboxylic acids is 1. The van der Waals surface area contributed by atoms with E-state index < -0.39 is 12.0 Å². The molecule has 1 atom stereocenters. The van der Waals surface area contributed by atoms with Gasteiger partial charge >= 0.3 is 5.97 Å². The lowest BCUT2D eigenvalue weighted by atomic mass is 10.2. The van der Waals surface area contributed by atoms with Crippen LogP contribution in [0.2, 0.25) is 0 Å². The van der Waals surface area contributed by atoms with E-state index in [1.807, 2.05) is 30.3 Å². The number of amides is 1. The van der Waals surface area contributed by atoms with E-state index in [1.165, 1.54) is 0 Å². The number of carbonyl (C=O) groups excluding carboxylic acids is 1. The summed E-state index contributed by atoms with van der Waals surface area (Å²) < 4.78 is 0. The lowest BCUT2D eigenvalue weighted by molar-refractivity contribution is -0.135. The summed E-state index contributed by atoms with van der Waals surface area (Å²) in [4.78, 5) is 24.6. The van der Waals surface area contributed by atoms with Gasteiger partial charge in [-0.15, -0.1) is 0 Å². The van der Waals surface area contributed by atoms with Crippen LogP contribution in [0.3, 0.4) is 0 Å². The molecular formula is C14H18N2O3. The maximum atomic E-state index is 12.0. The van der Waals surface area contributed by atoms with Crippen molar-refractivity contribution in [1.82, 2.24) is 5.32 Å². The molecule has 1 aromatic rings. The molecular weight excluding hydrogens is 244 g/mol. The SMILES string of the molecule is CC(C(=O)NC1CC1)N(CC(=O)O)c1ccccc1. The first kappa shape index (κ1) is 13.4. The molecule has 102 valence electrons. The van der Waals surface area contributed by atoms with Gasteiger partial charge in [-0.25, -0.2) is 0 Å². The molecule has 1 aliphatic carbocycles. The Kier molecular flexibility index (Phi) is 4.04. The standard InChI is InChI=1S/C14H18N2O3/c1-10(14(19)15-11-7-8-11)16(9-13(17)18)12-5-3-2-4-6-12/h2-6,10-11H,7-9H2,1H3,(H,15,19)(H,17,18). The average molecular weight is 262 g/mol. The first-order valence-electron chi connectivity index (χ1n) is 6.42. The second-order valence-corrected chi connectivity index (χ2v) is 4.82. The number of para-hydroxylation sites is 1. The summed E-state index contributed by atoms with van der Waals surface area (Å²) in [6.45, 7) is 1.54. The zero-order chi connectivity index (χ0) is 13.8. The molecule has 1 aliphatic rings. The summed E-state index contributed by atoms with van der Waals surface area (Å²) in [7, 11) is 0. The molecule has 0 aromatic heterocycles. The summed E-state index contributed by atoms with van der Waals surface area (Å²) >= 11 is 0. The fraction of sp³-hybridized carbons (Fsp3) is 0.429. The van der Waals surface area contributed by atoms with Crippen molar-refractivity contribution in [3.63, 3.8) is 0 Å². The number of anilines is 1. The van der Waals surface area contributed by atoms with E-state index in [1.54, 1.807) is 11.8 Å². The number of aliphatic carboxylic acids is 1.